The van der Waals surface area contributed by atoms with Crippen molar-refractivity contribution in [3.8, 4) is 0 Å². The number of hydrogen-bond donors (Lipinski definition) is 3. The van der Waals surface area contributed by atoms with E-state index in [0.29, 0.717) is 18.8 Å². The Hall–Kier alpha value is -0.980. The maximum Gasteiger partial charge on any atom is 0.147 e. The first kappa shape index (κ1) is 23.0. The van der Waals surface area contributed by atoms with E-state index in [1.54, 1.807) is 26.2 Å². The Morgan fingerprint density at radius 3 is 2.50 bits per heavy atom. The average molecular weight is 342 g/mol. The minimum absolute atomic E-state index is 0.179. The van der Waals surface area contributed by atoms with Crippen LogP contribution in [-0.4, -0.2) is 54.1 Å². The zero-order valence-corrected chi connectivity index (χ0v) is 15.2. The third-order valence-electron chi connectivity index (χ3n) is 3.66. The van der Waals surface area contributed by atoms with Crippen molar-refractivity contribution in [2.75, 3.05) is 20.5 Å². The third-order valence-corrected chi connectivity index (χ3v) is 3.66. The zero-order valence-electron chi connectivity index (χ0n) is 15.2. The molecule has 0 rings (SSSR count). The van der Waals surface area contributed by atoms with Gasteiger partial charge in [-0.1, -0.05) is 43.4 Å². The molecule has 0 heterocycles. The largest absolute Gasteiger partial charge is 0.396 e. The highest BCUT2D eigenvalue weighted by atomic mass is 16.7. The maximum atomic E-state index is 9.84. The van der Waals surface area contributed by atoms with E-state index < -0.39 is 12.2 Å². The molecule has 0 aromatic heterocycles. The van der Waals surface area contributed by atoms with Crippen LogP contribution in [0.3, 0.4) is 0 Å². The fraction of sp³-hybridized carbons (Fsp3) is 0.684. The molecule has 0 amide bonds. The van der Waals surface area contributed by atoms with Gasteiger partial charge >= 0.3 is 0 Å². The standard InChI is InChI=1S/C19H34O5/c1-5-7-18(21)19(22)9-6-8-17(24-14-23-4)13-16(3)12-15(2)10-11-20/h5-8,15,17-22H,3,9-14H2,1-2,4H3/b7-5+,8-6+/t15-,17-,18+,19+/m1/s1. The van der Waals surface area contributed by atoms with E-state index in [-0.39, 0.29) is 19.5 Å². The topological polar surface area (TPSA) is 79.2 Å². The smallest absolute Gasteiger partial charge is 0.147 e. The van der Waals surface area contributed by atoms with E-state index in [4.69, 9.17) is 14.6 Å². The fourth-order valence-corrected chi connectivity index (χ4v) is 2.36. The van der Waals surface area contributed by atoms with E-state index in [9.17, 15) is 10.2 Å². The lowest BCUT2D eigenvalue weighted by Crippen LogP contribution is -2.23. The molecule has 0 fully saturated rings. The number of aliphatic hydroxyl groups excluding tert-OH is 3. The summed E-state index contributed by atoms with van der Waals surface area (Å²) in [6, 6.07) is 0. The van der Waals surface area contributed by atoms with Gasteiger partial charge < -0.3 is 24.8 Å². The summed E-state index contributed by atoms with van der Waals surface area (Å²) in [7, 11) is 1.57. The Morgan fingerprint density at radius 1 is 1.21 bits per heavy atom. The third kappa shape index (κ3) is 11.5. The van der Waals surface area contributed by atoms with Crippen LogP contribution in [0.5, 0.6) is 0 Å². The first-order valence-electron chi connectivity index (χ1n) is 8.48. The van der Waals surface area contributed by atoms with Crippen LogP contribution in [0.25, 0.3) is 0 Å². The van der Waals surface area contributed by atoms with E-state index in [2.05, 4.69) is 13.5 Å². The van der Waals surface area contributed by atoms with Gasteiger partial charge in [0, 0.05) is 13.7 Å². The minimum atomic E-state index is -0.868. The number of hydrogen-bond acceptors (Lipinski definition) is 5. The molecule has 0 bridgehead atoms. The molecule has 0 aliphatic carbocycles. The van der Waals surface area contributed by atoms with Gasteiger partial charge in [-0.2, -0.15) is 0 Å². The SMILES string of the molecule is C=C(C[C@H](C)CCO)C[C@@H](/C=C/C[C@H](O)[C@@H](O)/C=C/C)OCOC. The van der Waals surface area contributed by atoms with Crippen molar-refractivity contribution in [3.63, 3.8) is 0 Å². The molecule has 0 radical (unpaired) electrons. The highest BCUT2D eigenvalue weighted by molar-refractivity contribution is 5.04. The van der Waals surface area contributed by atoms with Gasteiger partial charge in [-0.05, 0) is 38.5 Å². The quantitative estimate of drug-likeness (QED) is 0.334. The summed E-state index contributed by atoms with van der Waals surface area (Å²) in [4.78, 5) is 0. The summed E-state index contributed by atoms with van der Waals surface area (Å²) < 4.78 is 10.6. The van der Waals surface area contributed by atoms with E-state index in [1.165, 1.54) is 0 Å². The molecule has 0 saturated heterocycles. The summed E-state index contributed by atoms with van der Waals surface area (Å²) in [6.07, 6.45) is 7.63. The summed E-state index contributed by atoms with van der Waals surface area (Å²) in [5, 5.41) is 28.5. The Labute approximate surface area is 146 Å². The van der Waals surface area contributed by atoms with Crippen LogP contribution in [0, 0.1) is 5.92 Å². The fourth-order valence-electron chi connectivity index (χ4n) is 2.36. The predicted molar refractivity (Wildman–Crippen MR) is 96.6 cm³/mol. The molecule has 0 aromatic rings. The summed E-state index contributed by atoms with van der Waals surface area (Å²) in [5.74, 6) is 0.382. The number of allylic oxidation sites excluding steroid dienone is 1. The Kier molecular flexibility index (Phi) is 13.8. The van der Waals surface area contributed by atoms with E-state index in [0.717, 1.165) is 18.4 Å². The molecule has 0 unspecified atom stereocenters. The van der Waals surface area contributed by atoms with Gasteiger partial charge in [-0.25, -0.2) is 0 Å². The number of methoxy groups -OCH3 is 1. The minimum Gasteiger partial charge on any atom is -0.396 e. The van der Waals surface area contributed by atoms with Crippen LogP contribution in [0.4, 0.5) is 0 Å². The van der Waals surface area contributed by atoms with Crippen molar-refractivity contribution >= 4 is 0 Å². The van der Waals surface area contributed by atoms with Gasteiger partial charge in [0.05, 0.1) is 18.3 Å². The Bertz CT molecular complexity index is 378. The predicted octanol–water partition coefficient (Wildman–Crippen LogP) is 2.57. The van der Waals surface area contributed by atoms with Crippen LogP contribution in [0.15, 0.2) is 36.5 Å². The lowest BCUT2D eigenvalue weighted by molar-refractivity contribution is -0.0552. The van der Waals surface area contributed by atoms with Gasteiger partial charge in [0.15, 0.2) is 0 Å². The highest BCUT2D eigenvalue weighted by Crippen LogP contribution is 2.19. The molecule has 0 aliphatic heterocycles. The summed E-state index contributed by atoms with van der Waals surface area (Å²) in [6.45, 7) is 8.33. The van der Waals surface area contributed by atoms with Crippen LogP contribution in [0.2, 0.25) is 0 Å². The molecule has 0 aliphatic rings. The second kappa shape index (κ2) is 14.4. The molecule has 140 valence electrons. The molecular weight excluding hydrogens is 308 g/mol. The second-order valence-corrected chi connectivity index (χ2v) is 6.13. The number of aliphatic hydroxyl groups is 3. The molecule has 4 atom stereocenters. The molecule has 3 N–H and O–H groups in total. The molecule has 5 heteroatoms. The van der Waals surface area contributed by atoms with Crippen LogP contribution < -0.4 is 0 Å². The lowest BCUT2D eigenvalue weighted by atomic mass is 9.95. The average Bonchev–Trinajstić information content (AvgIpc) is 2.52. The van der Waals surface area contributed by atoms with Crippen molar-refractivity contribution in [1.82, 2.24) is 0 Å². The van der Waals surface area contributed by atoms with Gasteiger partial charge in [0.2, 0.25) is 0 Å². The Morgan fingerprint density at radius 2 is 1.92 bits per heavy atom. The van der Waals surface area contributed by atoms with E-state index >= 15 is 0 Å². The molecule has 0 saturated carbocycles. The molecule has 24 heavy (non-hydrogen) atoms. The van der Waals surface area contributed by atoms with E-state index in [1.807, 2.05) is 12.2 Å². The first-order valence-corrected chi connectivity index (χ1v) is 8.48. The normalized spacial score (nSPS) is 17.2. The summed E-state index contributed by atoms with van der Waals surface area (Å²) >= 11 is 0. The monoisotopic (exact) mass is 342 g/mol. The molecule has 5 nitrogen and oxygen atoms in total. The maximum absolute atomic E-state index is 9.84. The molecule has 0 spiro atoms. The summed E-state index contributed by atoms with van der Waals surface area (Å²) in [5.41, 5.74) is 1.05. The lowest BCUT2D eigenvalue weighted by Gasteiger charge is -2.18. The van der Waals surface area contributed by atoms with Crippen LogP contribution in [0.1, 0.15) is 39.5 Å². The van der Waals surface area contributed by atoms with Gasteiger partial charge in [-0.3, -0.25) is 0 Å². The van der Waals surface area contributed by atoms with Crippen molar-refractivity contribution in [2.24, 2.45) is 5.92 Å². The van der Waals surface area contributed by atoms with Gasteiger partial charge in [0.1, 0.15) is 6.79 Å². The van der Waals surface area contributed by atoms with Gasteiger partial charge in [0.25, 0.3) is 0 Å². The first-order chi connectivity index (χ1) is 11.4. The molecular formula is C19H34O5. The van der Waals surface area contributed by atoms with Gasteiger partial charge in [-0.15, -0.1) is 0 Å². The Balaban J connectivity index is 4.48. The molecule has 0 aromatic carbocycles. The zero-order chi connectivity index (χ0) is 18.4. The second-order valence-electron chi connectivity index (χ2n) is 6.13. The van der Waals surface area contributed by atoms with Crippen LogP contribution >= 0.6 is 0 Å². The van der Waals surface area contributed by atoms with Crippen molar-refractivity contribution < 1.29 is 24.8 Å². The van der Waals surface area contributed by atoms with Crippen molar-refractivity contribution in [1.29, 1.82) is 0 Å². The number of ether oxygens (including phenoxy) is 2. The highest BCUT2D eigenvalue weighted by Gasteiger charge is 2.13. The van der Waals surface area contributed by atoms with Crippen molar-refractivity contribution in [2.45, 2.75) is 57.8 Å². The van der Waals surface area contributed by atoms with Crippen molar-refractivity contribution in [3.05, 3.63) is 36.5 Å². The number of rotatable bonds is 14. The van der Waals surface area contributed by atoms with Crippen LogP contribution in [-0.2, 0) is 9.47 Å².